The van der Waals surface area contributed by atoms with E-state index in [1.807, 2.05) is 6.08 Å². The molecule has 1 rings (SSSR count). The van der Waals surface area contributed by atoms with E-state index in [9.17, 15) is 9.90 Å². The second kappa shape index (κ2) is 3.35. The van der Waals surface area contributed by atoms with Gasteiger partial charge in [0.2, 0.25) is 0 Å². The average molecular weight is 335 g/mol. The van der Waals surface area contributed by atoms with Crippen molar-refractivity contribution < 1.29 is 15.0 Å². The van der Waals surface area contributed by atoms with Crippen molar-refractivity contribution in [3.63, 3.8) is 0 Å². The van der Waals surface area contributed by atoms with Crippen LogP contribution in [0.15, 0.2) is 9.86 Å². The standard InChI is InChI=1S/C6H7O3.Bi/c1-2-3-4-5(7)6(8)9;/h1-2,5,7H,4H2,(H,8,9);/p-1. The summed E-state index contributed by atoms with van der Waals surface area (Å²) in [4.78, 5) is 10.00. The van der Waals surface area contributed by atoms with Gasteiger partial charge in [0.25, 0.3) is 0 Å². The molecule has 3 nitrogen and oxygen atoms in total. The summed E-state index contributed by atoms with van der Waals surface area (Å²) in [5.74, 6) is -1.37. The maximum atomic E-state index is 10.00. The molecule has 0 aromatic heterocycles. The summed E-state index contributed by atoms with van der Waals surface area (Å²) in [7, 11) is 0. The summed E-state index contributed by atoms with van der Waals surface area (Å²) >= 11 is -0.591. The number of carbonyl (C=O) groups is 1. The van der Waals surface area contributed by atoms with Crippen LogP contribution in [0.4, 0.5) is 0 Å². The first-order chi connectivity index (χ1) is 4.70. The Morgan fingerprint density at radius 1 is 1.90 bits per heavy atom. The molecule has 1 heterocycles. The van der Waals surface area contributed by atoms with Gasteiger partial charge in [-0.05, 0) is 0 Å². The van der Waals surface area contributed by atoms with Gasteiger partial charge >= 0.3 is 69.3 Å². The van der Waals surface area contributed by atoms with Crippen LogP contribution in [0.3, 0.4) is 0 Å². The third-order valence-electron chi connectivity index (χ3n) is 1.18. The quantitative estimate of drug-likeness (QED) is 0.601. The van der Waals surface area contributed by atoms with Gasteiger partial charge in [-0.15, -0.1) is 0 Å². The second-order valence-corrected chi connectivity index (χ2v) is 6.37. The number of carboxylic acids is 1. The van der Waals surface area contributed by atoms with E-state index in [2.05, 4.69) is 3.78 Å². The molecule has 54 valence electrons. The third-order valence-corrected chi connectivity index (χ3v) is 4.92. The first-order valence-corrected chi connectivity index (χ1v) is 6.57. The van der Waals surface area contributed by atoms with Crippen LogP contribution in [0.2, 0.25) is 0 Å². The minimum atomic E-state index is -1.37. The normalized spacial score (nSPS) is 17.5. The van der Waals surface area contributed by atoms with E-state index >= 15 is 0 Å². The fourth-order valence-electron chi connectivity index (χ4n) is 0.582. The average Bonchev–Trinajstić information content (AvgIpc) is 1.77. The van der Waals surface area contributed by atoms with E-state index < -0.39 is 34.8 Å². The Labute approximate surface area is 69.4 Å². The van der Waals surface area contributed by atoms with Crippen LogP contribution in [0.1, 0.15) is 6.42 Å². The Morgan fingerprint density at radius 3 is 2.80 bits per heavy atom. The molecule has 0 aromatic carbocycles. The molecule has 1 atom stereocenters. The Morgan fingerprint density at radius 2 is 2.50 bits per heavy atom. The van der Waals surface area contributed by atoms with Gasteiger partial charge in [0.15, 0.2) is 0 Å². The molecule has 1 unspecified atom stereocenters. The molecular weight excluding hydrogens is 329 g/mol. The van der Waals surface area contributed by atoms with Crippen LogP contribution in [0.25, 0.3) is 0 Å². The van der Waals surface area contributed by atoms with Crippen molar-refractivity contribution in [3.05, 3.63) is 9.86 Å². The molecule has 0 bridgehead atoms. The molecule has 1 aliphatic rings. The number of allylic oxidation sites excluding steroid dienone is 1. The van der Waals surface area contributed by atoms with Crippen LogP contribution in [0.5, 0.6) is 0 Å². The van der Waals surface area contributed by atoms with E-state index in [-0.39, 0.29) is 6.42 Å². The predicted molar refractivity (Wildman–Crippen MR) is 35.5 cm³/mol. The Balaban J connectivity index is 2.31. The van der Waals surface area contributed by atoms with E-state index in [0.29, 0.717) is 0 Å². The first kappa shape index (κ1) is 8.02. The molecule has 10 heavy (non-hydrogen) atoms. The van der Waals surface area contributed by atoms with Crippen LogP contribution in [0, 0.1) is 0 Å². The number of hydrogen-bond donors (Lipinski definition) is 1. The predicted octanol–water partition coefficient (Wildman–Crippen LogP) is -2.11. The van der Waals surface area contributed by atoms with E-state index in [4.69, 9.17) is 5.11 Å². The van der Waals surface area contributed by atoms with Gasteiger partial charge in [-0.25, -0.2) is 0 Å². The molecule has 0 aromatic rings. The SMILES string of the molecule is O=C([O-])C(O)C[C]1=[Bi][CH]=C1. The van der Waals surface area contributed by atoms with Crippen molar-refractivity contribution in [3.8, 4) is 0 Å². The van der Waals surface area contributed by atoms with Gasteiger partial charge in [0, 0.05) is 0 Å². The summed E-state index contributed by atoms with van der Waals surface area (Å²) in [5.41, 5.74) is 0. The van der Waals surface area contributed by atoms with Gasteiger partial charge in [0.05, 0.1) is 0 Å². The summed E-state index contributed by atoms with van der Waals surface area (Å²) in [6.07, 6.45) is 0.891. The monoisotopic (exact) mass is 335 g/mol. The number of hydrogen-bond acceptors (Lipinski definition) is 3. The van der Waals surface area contributed by atoms with Crippen LogP contribution >= 0.6 is 0 Å². The zero-order chi connectivity index (χ0) is 7.56. The summed E-state index contributed by atoms with van der Waals surface area (Å²) in [6, 6.07) is 0. The zero-order valence-corrected chi connectivity index (χ0v) is 8.63. The number of carbonyl (C=O) groups excluding carboxylic acids is 1. The van der Waals surface area contributed by atoms with E-state index in [1.165, 1.54) is 0 Å². The van der Waals surface area contributed by atoms with Crippen molar-refractivity contribution >= 4 is 31.9 Å². The molecule has 1 aliphatic heterocycles. The summed E-state index contributed by atoms with van der Waals surface area (Å²) in [5, 5.41) is 18.8. The second-order valence-electron chi connectivity index (χ2n) is 1.98. The van der Waals surface area contributed by atoms with E-state index in [0.717, 1.165) is 3.21 Å². The van der Waals surface area contributed by atoms with Gasteiger partial charge in [-0.3, -0.25) is 0 Å². The van der Waals surface area contributed by atoms with Crippen LogP contribution in [-0.2, 0) is 4.79 Å². The maximum absolute atomic E-state index is 10.00. The summed E-state index contributed by atoms with van der Waals surface area (Å²) in [6.45, 7) is 0. The molecule has 0 aliphatic carbocycles. The van der Waals surface area contributed by atoms with Crippen molar-refractivity contribution in [2.75, 3.05) is 0 Å². The zero-order valence-electron chi connectivity index (χ0n) is 5.15. The molecular formula is C6H6BiO3-. The molecule has 0 saturated carbocycles. The Hall–Kier alpha value is -0.0769. The topological polar surface area (TPSA) is 60.4 Å². The summed E-state index contributed by atoms with van der Waals surface area (Å²) < 4.78 is 3.24. The Kier molecular flexibility index (Phi) is 2.69. The van der Waals surface area contributed by atoms with Gasteiger partial charge in [-0.2, -0.15) is 0 Å². The minimum absolute atomic E-state index is 0.287. The van der Waals surface area contributed by atoms with Crippen LogP contribution < -0.4 is 5.11 Å². The van der Waals surface area contributed by atoms with Crippen LogP contribution in [-0.4, -0.2) is 43.1 Å². The number of aliphatic hydroxyl groups is 1. The molecule has 1 N–H and O–H groups in total. The number of rotatable bonds is 3. The molecule has 0 radical (unpaired) electrons. The molecule has 4 heteroatoms. The number of carboxylic acid groups (broad SMARTS) is 1. The number of aliphatic hydroxyl groups excluding tert-OH is 1. The van der Waals surface area contributed by atoms with Gasteiger partial charge < -0.3 is 0 Å². The fraction of sp³-hybridized carbons (Fsp3) is 0.333. The third kappa shape index (κ3) is 1.96. The van der Waals surface area contributed by atoms with Crippen molar-refractivity contribution in [2.45, 2.75) is 12.5 Å². The van der Waals surface area contributed by atoms with Crippen molar-refractivity contribution in [1.82, 2.24) is 0 Å². The van der Waals surface area contributed by atoms with E-state index in [1.54, 1.807) is 0 Å². The number of aliphatic carboxylic acids is 1. The molecule has 0 spiro atoms. The first-order valence-electron chi connectivity index (χ1n) is 2.82. The molecule has 0 saturated heterocycles. The van der Waals surface area contributed by atoms with Crippen molar-refractivity contribution in [2.24, 2.45) is 0 Å². The Bertz CT molecular complexity index is 207. The molecule has 0 amide bonds. The molecule has 0 fully saturated rings. The fourth-order valence-corrected chi connectivity index (χ4v) is 3.06. The van der Waals surface area contributed by atoms with Crippen molar-refractivity contribution in [1.29, 1.82) is 0 Å². The van der Waals surface area contributed by atoms with Gasteiger partial charge in [0.1, 0.15) is 0 Å². The van der Waals surface area contributed by atoms with Gasteiger partial charge in [-0.1, -0.05) is 0 Å².